The van der Waals surface area contributed by atoms with Crippen LogP contribution in [0.3, 0.4) is 0 Å². The molecular weight excluding hydrogens is 423 g/mol. The van der Waals surface area contributed by atoms with Crippen molar-refractivity contribution in [2.75, 3.05) is 5.88 Å². The topological polar surface area (TPSA) is 17.8 Å². The Morgan fingerprint density at radius 2 is 2.00 bits per heavy atom. The van der Waals surface area contributed by atoms with Gasteiger partial charge >= 0.3 is 6.18 Å². The zero-order chi connectivity index (χ0) is 15.6. The highest BCUT2D eigenvalue weighted by Gasteiger charge is 2.26. The van der Waals surface area contributed by atoms with Crippen LogP contribution in [-0.4, -0.2) is 21.6 Å². The number of hydrogen-bond donors (Lipinski definition) is 0. The van der Waals surface area contributed by atoms with Gasteiger partial charge in [0.25, 0.3) is 0 Å². The summed E-state index contributed by atoms with van der Waals surface area (Å²) in [5.41, 5.74) is 1.09. The molecule has 0 unspecified atom stereocenters. The molecule has 0 N–H and O–H groups in total. The van der Waals surface area contributed by atoms with E-state index in [-0.39, 0.29) is 13.0 Å². The summed E-state index contributed by atoms with van der Waals surface area (Å²) in [6, 6.07) is 2.90. The minimum atomic E-state index is -4.19. The first kappa shape index (κ1) is 16.8. The van der Waals surface area contributed by atoms with Crippen molar-refractivity contribution >= 4 is 45.2 Å². The van der Waals surface area contributed by atoms with E-state index in [0.717, 1.165) is 0 Å². The van der Waals surface area contributed by atoms with Crippen molar-refractivity contribution in [1.82, 2.24) is 9.55 Å². The van der Waals surface area contributed by atoms with Crippen LogP contribution in [0.25, 0.3) is 11.0 Å². The van der Waals surface area contributed by atoms with Crippen LogP contribution < -0.4 is 0 Å². The standard InChI is InChI=1S/C13H12ClF4IN2/c14-4-2-12-20-10-7-9(19)8(15)6-11(10)21(12)5-1-3-13(16,17)18/h6-7H,1-5H2. The van der Waals surface area contributed by atoms with Gasteiger partial charge in [-0.2, -0.15) is 13.2 Å². The highest BCUT2D eigenvalue weighted by molar-refractivity contribution is 14.1. The number of halogens is 6. The van der Waals surface area contributed by atoms with E-state index in [0.29, 0.717) is 32.7 Å². The molecule has 0 spiro atoms. The average molecular weight is 435 g/mol. The number of rotatable bonds is 5. The summed E-state index contributed by atoms with van der Waals surface area (Å²) in [7, 11) is 0. The van der Waals surface area contributed by atoms with Crippen molar-refractivity contribution < 1.29 is 17.6 Å². The van der Waals surface area contributed by atoms with Gasteiger partial charge in [-0.1, -0.05) is 0 Å². The minimum Gasteiger partial charge on any atom is -0.328 e. The minimum absolute atomic E-state index is 0.0716. The predicted octanol–water partition coefficient (Wildman–Crippen LogP) is 4.90. The fourth-order valence-corrected chi connectivity index (χ4v) is 2.75. The summed E-state index contributed by atoms with van der Waals surface area (Å²) in [5, 5.41) is 0. The molecule has 2 aromatic rings. The molecule has 1 heterocycles. The number of fused-ring (bicyclic) bond motifs is 1. The summed E-state index contributed by atoms with van der Waals surface area (Å²) >= 11 is 7.55. The molecule has 0 saturated carbocycles. The lowest BCUT2D eigenvalue weighted by Crippen LogP contribution is -2.11. The number of benzene rings is 1. The van der Waals surface area contributed by atoms with E-state index in [2.05, 4.69) is 4.98 Å². The van der Waals surface area contributed by atoms with Gasteiger partial charge in [0, 0.05) is 31.3 Å². The second-order valence-electron chi connectivity index (χ2n) is 4.59. The molecular formula is C13H12ClF4IN2. The van der Waals surface area contributed by atoms with Crippen molar-refractivity contribution in [3.05, 3.63) is 27.3 Å². The van der Waals surface area contributed by atoms with Crippen LogP contribution >= 0.6 is 34.2 Å². The van der Waals surface area contributed by atoms with E-state index in [1.165, 1.54) is 6.07 Å². The highest BCUT2D eigenvalue weighted by atomic mass is 127. The maximum Gasteiger partial charge on any atom is 0.389 e. The molecule has 116 valence electrons. The third-order valence-corrected chi connectivity index (χ3v) is 4.05. The van der Waals surface area contributed by atoms with Crippen LogP contribution in [-0.2, 0) is 13.0 Å². The fraction of sp³-hybridized carbons (Fsp3) is 0.462. The number of imidazole rings is 1. The Bertz CT molecular complexity index is 639. The summed E-state index contributed by atoms with van der Waals surface area (Å²) in [6.07, 6.45) is -4.71. The van der Waals surface area contributed by atoms with Gasteiger partial charge in [-0.25, -0.2) is 9.37 Å². The monoisotopic (exact) mass is 434 g/mol. The van der Waals surface area contributed by atoms with Crippen molar-refractivity contribution in [2.45, 2.75) is 32.0 Å². The van der Waals surface area contributed by atoms with Crippen molar-refractivity contribution in [3.8, 4) is 0 Å². The zero-order valence-corrected chi connectivity index (χ0v) is 13.8. The lowest BCUT2D eigenvalue weighted by Gasteiger charge is -2.10. The van der Waals surface area contributed by atoms with Gasteiger partial charge in [0.15, 0.2) is 0 Å². The number of hydrogen-bond acceptors (Lipinski definition) is 1. The molecule has 0 bridgehead atoms. The fourth-order valence-electron chi connectivity index (χ4n) is 2.13. The van der Waals surface area contributed by atoms with E-state index in [4.69, 9.17) is 11.6 Å². The maximum atomic E-state index is 13.7. The maximum absolute atomic E-state index is 13.7. The van der Waals surface area contributed by atoms with Gasteiger partial charge in [-0.15, -0.1) is 11.6 Å². The first-order valence-electron chi connectivity index (χ1n) is 6.28. The molecule has 2 nitrogen and oxygen atoms in total. The van der Waals surface area contributed by atoms with Crippen molar-refractivity contribution in [1.29, 1.82) is 0 Å². The third kappa shape index (κ3) is 4.21. The molecule has 0 atom stereocenters. The Hall–Kier alpha value is -0.570. The highest BCUT2D eigenvalue weighted by Crippen LogP contribution is 2.25. The van der Waals surface area contributed by atoms with Crippen LogP contribution in [0.2, 0.25) is 0 Å². The quantitative estimate of drug-likeness (QED) is 0.372. The van der Waals surface area contributed by atoms with Crippen LogP contribution in [0.4, 0.5) is 17.6 Å². The number of aryl methyl sites for hydroxylation is 2. The van der Waals surface area contributed by atoms with E-state index in [9.17, 15) is 17.6 Å². The van der Waals surface area contributed by atoms with Crippen LogP contribution in [0, 0.1) is 9.39 Å². The van der Waals surface area contributed by atoms with Crippen LogP contribution in [0.1, 0.15) is 18.7 Å². The summed E-state index contributed by atoms with van der Waals surface area (Å²) in [6.45, 7) is 0.141. The number of alkyl halides is 4. The van der Waals surface area contributed by atoms with E-state index < -0.39 is 18.4 Å². The van der Waals surface area contributed by atoms with Gasteiger partial charge in [0.1, 0.15) is 11.6 Å². The molecule has 0 aliphatic carbocycles. The molecule has 1 aromatic heterocycles. The molecule has 8 heteroatoms. The molecule has 0 fully saturated rings. The predicted molar refractivity (Wildman–Crippen MR) is 82.1 cm³/mol. The molecule has 1 aromatic carbocycles. The first-order valence-corrected chi connectivity index (χ1v) is 7.90. The molecule has 0 aliphatic heterocycles. The van der Waals surface area contributed by atoms with Gasteiger partial charge < -0.3 is 4.57 Å². The normalized spacial score (nSPS) is 12.3. The molecule has 0 saturated heterocycles. The second-order valence-corrected chi connectivity index (χ2v) is 6.13. The number of aromatic nitrogens is 2. The molecule has 21 heavy (non-hydrogen) atoms. The lowest BCUT2D eigenvalue weighted by molar-refractivity contribution is -0.135. The Balaban J connectivity index is 2.34. The SMILES string of the molecule is Fc1cc2c(cc1I)nc(CCCl)n2CCCC(F)(F)F. The molecule has 2 rings (SSSR count). The first-order chi connectivity index (χ1) is 9.81. The summed E-state index contributed by atoms with van der Waals surface area (Å²) in [4.78, 5) is 4.35. The van der Waals surface area contributed by atoms with Gasteiger partial charge in [0.05, 0.1) is 14.6 Å². The van der Waals surface area contributed by atoms with Gasteiger partial charge in [-0.3, -0.25) is 0 Å². The van der Waals surface area contributed by atoms with Crippen LogP contribution in [0.15, 0.2) is 12.1 Å². The van der Waals surface area contributed by atoms with Crippen LogP contribution in [0.5, 0.6) is 0 Å². The van der Waals surface area contributed by atoms with E-state index in [1.54, 1.807) is 10.6 Å². The Kier molecular flexibility index (Phi) is 5.34. The second kappa shape index (κ2) is 6.68. The smallest absolute Gasteiger partial charge is 0.328 e. The number of nitrogens with zero attached hydrogens (tertiary/aromatic N) is 2. The Morgan fingerprint density at radius 3 is 2.62 bits per heavy atom. The average Bonchev–Trinajstić information content (AvgIpc) is 2.67. The Morgan fingerprint density at radius 1 is 1.29 bits per heavy atom. The third-order valence-electron chi connectivity index (χ3n) is 3.03. The van der Waals surface area contributed by atoms with Gasteiger partial charge in [-0.05, 0) is 35.1 Å². The van der Waals surface area contributed by atoms with Gasteiger partial charge in [0.2, 0.25) is 0 Å². The molecule has 0 amide bonds. The van der Waals surface area contributed by atoms with Crippen molar-refractivity contribution in [3.63, 3.8) is 0 Å². The molecule has 0 radical (unpaired) electrons. The lowest BCUT2D eigenvalue weighted by atomic mass is 10.2. The molecule has 0 aliphatic rings. The Labute approximate surface area is 137 Å². The van der Waals surface area contributed by atoms with E-state index >= 15 is 0 Å². The van der Waals surface area contributed by atoms with Crippen molar-refractivity contribution in [2.24, 2.45) is 0 Å². The summed E-state index contributed by atoms with van der Waals surface area (Å²) in [5.74, 6) is 0.489. The van der Waals surface area contributed by atoms with E-state index in [1.807, 2.05) is 22.6 Å². The summed E-state index contributed by atoms with van der Waals surface area (Å²) < 4.78 is 52.5. The largest absolute Gasteiger partial charge is 0.389 e. The zero-order valence-electron chi connectivity index (χ0n) is 10.9.